The topological polar surface area (TPSA) is 68.0 Å². The van der Waals surface area contributed by atoms with Gasteiger partial charge in [0.25, 0.3) is 5.91 Å². The molecule has 0 radical (unpaired) electrons. The summed E-state index contributed by atoms with van der Waals surface area (Å²) in [4.78, 5) is 20.9. The summed E-state index contributed by atoms with van der Waals surface area (Å²) in [5.41, 5.74) is 4.39. The molecule has 22 heavy (non-hydrogen) atoms. The first-order chi connectivity index (χ1) is 10.5. The van der Waals surface area contributed by atoms with E-state index in [9.17, 15) is 4.79 Å². The minimum atomic E-state index is -0.301. The number of fused-ring (bicyclic) bond motifs is 1. The Labute approximate surface area is 128 Å². The van der Waals surface area contributed by atoms with Gasteiger partial charge in [-0.1, -0.05) is 11.6 Å². The Kier molecular flexibility index (Phi) is 3.41. The average Bonchev–Trinajstić information content (AvgIpc) is 2.78. The maximum atomic E-state index is 12.4. The summed E-state index contributed by atoms with van der Waals surface area (Å²) >= 11 is 0. The molecule has 1 amide bonds. The second kappa shape index (κ2) is 5.26. The van der Waals surface area contributed by atoms with E-state index in [-0.39, 0.29) is 11.7 Å². The summed E-state index contributed by atoms with van der Waals surface area (Å²) in [5, 5.41) is 3.82. The number of anilines is 1. The Morgan fingerprint density at radius 1 is 1.18 bits per heavy atom. The first kappa shape index (κ1) is 14.3. The Morgan fingerprint density at radius 2 is 1.95 bits per heavy atom. The van der Waals surface area contributed by atoms with Crippen LogP contribution in [0, 0.1) is 27.7 Å². The molecule has 0 fully saturated rings. The molecule has 2 aromatic heterocycles. The van der Waals surface area contributed by atoms with E-state index in [0.717, 1.165) is 27.7 Å². The van der Waals surface area contributed by atoms with Gasteiger partial charge in [0.15, 0.2) is 5.89 Å². The van der Waals surface area contributed by atoms with Crippen molar-refractivity contribution in [3.05, 3.63) is 52.9 Å². The minimum Gasteiger partial charge on any atom is -0.436 e. The minimum absolute atomic E-state index is 0.242. The molecule has 0 spiro atoms. The zero-order chi connectivity index (χ0) is 15.9. The zero-order valence-corrected chi connectivity index (χ0v) is 13.0. The van der Waals surface area contributed by atoms with E-state index in [1.165, 1.54) is 0 Å². The van der Waals surface area contributed by atoms with Crippen LogP contribution in [-0.4, -0.2) is 15.9 Å². The van der Waals surface area contributed by atoms with E-state index >= 15 is 0 Å². The molecule has 1 N–H and O–H groups in total. The van der Waals surface area contributed by atoms with Crippen LogP contribution in [0.5, 0.6) is 0 Å². The lowest BCUT2D eigenvalue weighted by Gasteiger charge is -2.10. The summed E-state index contributed by atoms with van der Waals surface area (Å²) in [6.45, 7) is 7.51. The summed E-state index contributed by atoms with van der Waals surface area (Å²) in [7, 11) is 0. The molecule has 0 aliphatic heterocycles. The standard InChI is InChI=1S/C17H17N3O2/c1-9-7-10(2)15-13(8-9)14(5-6-18-15)20-17(21)16-11(3)19-12(4)22-16/h5-8H,1-4H3,(H,18,20,21). The smallest absolute Gasteiger partial charge is 0.293 e. The highest BCUT2D eigenvalue weighted by molar-refractivity contribution is 6.08. The van der Waals surface area contributed by atoms with Crippen molar-refractivity contribution >= 4 is 22.5 Å². The third-order valence-corrected chi connectivity index (χ3v) is 3.54. The normalized spacial score (nSPS) is 10.9. The van der Waals surface area contributed by atoms with Crippen molar-refractivity contribution in [3.63, 3.8) is 0 Å². The number of aryl methyl sites for hydroxylation is 4. The summed E-state index contributed by atoms with van der Waals surface area (Å²) in [6, 6.07) is 5.88. The predicted octanol–water partition coefficient (Wildman–Crippen LogP) is 3.71. The largest absolute Gasteiger partial charge is 0.436 e. The average molecular weight is 295 g/mol. The molecule has 0 saturated heterocycles. The lowest BCUT2D eigenvalue weighted by molar-refractivity contribution is 0.0994. The van der Waals surface area contributed by atoms with E-state index in [1.54, 1.807) is 26.1 Å². The van der Waals surface area contributed by atoms with E-state index in [4.69, 9.17) is 4.42 Å². The van der Waals surface area contributed by atoms with Gasteiger partial charge in [0.05, 0.1) is 16.9 Å². The quantitative estimate of drug-likeness (QED) is 0.782. The number of nitrogens with one attached hydrogen (secondary N) is 1. The fraction of sp³-hybridized carbons (Fsp3) is 0.235. The van der Waals surface area contributed by atoms with Crippen LogP contribution in [0.15, 0.2) is 28.8 Å². The van der Waals surface area contributed by atoms with Gasteiger partial charge in [0.1, 0.15) is 0 Å². The third kappa shape index (κ3) is 2.45. The molecule has 5 heteroatoms. The van der Waals surface area contributed by atoms with Crippen LogP contribution < -0.4 is 5.32 Å². The van der Waals surface area contributed by atoms with Gasteiger partial charge in [-0.15, -0.1) is 0 Å². The first-order valence-corrected chi connectivity index (χ1v) is 7.07. The molecule has 0 saturated carbocycles. The molecule has 112 valence electrons. The number of pyridine rings is 1. The van der Waals surface area contributed by atoms with Crippen molar-refractivity contribution in [2.75, 3.05) is 5.32 Å². The first-order valence-electron chi connectivity index (χ1n) is 7.07. The molecule has 0 aliphatic carbocycles. The Balaban J connectivity index is 2.04. The van der Waals surface area contributed by atoms with Crippen molar-refractivity contribution < 1.29 is 9.21 Å². The molecule has 0 atom stereocenters. The maximum Gasteiger partial charge on any atom is 0.293 e. The van der Waals surface area contributed by atoms with Crippen LogP contribution in [0.3, 0.4) is 0 Å². The molecule has 3 aromatic rings. The highest BCUT2D eigenvalue weighted by Gasteiger charge is 2.17. The number of amides is 1. The molecule has 1 aromatic carbocycles. The van der Waals surface area contributed by atoms with Crippen molar-refractivity contribution in [3.8, 4) is 0 Å². The molecule has 3 rings (SSSR count). The number of hydrogen-bond donors (Lipinski definition) is 1. The van der Waals surface area contributed by atoms with Crippen LogP contribution in [0.2, 0.25) is 0 Å². The van der Waals surface area contributed by atoms with Gasteiger partial charge in [0.2, 0.25) is 5.76 Å². The van der Waals surface area contributed by atoms with E-state index in [2.05, 4.69) is 21.4 Å². The SMILES string of the molecule is Cc1cc(C)c2nccc(NC(=O)c3oc(C)nc3C)c2c1. The van der Waals surface area contributed by atoms with E-state index in [0.29, 0.717) is 11.6 Å². The van der Waals surface area contributed by atoms with Crippen molar-refractivity contribution in [2.45, 2.75) is 27.7 Å². The summed E-state index contributed by atoms with van der Waals surface area (Å²) < 4.78 is 5.37. The number of aromatic nitrogens is 2. The Hall–Kier alpha value is -2.69. The highest BCUT2D eigenvalue weighted by atomic mass is 16.4. The van der Waals surface area contributed by atoms with E-state index in [1.807, 2.05) is 19.9 Å². The molecule has 5 nitrogen and oxygen atoms in total. The van der Waals surface area contributed by atoms with Crippen LogP contribution in [-0.2, 0) is 0 Å². The van der Waals surface area contributed by atoms with Gasteiger partial charge in [-0.05, 0) is 38.5 Å². The Morgan fingerprint density at radius 3 is 2.64 bits per heavy atom. The number of carbonyl (C=O) groups excluding carboxylic acids is 1. The molecule has 2 heterocycles. The van der Waals surface area contributed by atoms with Gasteiger partial charge in [-0.2, -0.15) is 0 Å². The second-order valence-electron chi connectivity index (χ2n) is 5.44. The van der Waals surface area contributed by atoms with Gasteiger partial charge in [-0.25, -0.2) is 4.98 Å². The third-order valence-electron chi connectivity index (χ3n) is 3.54. The molecule has 0 unspecified atom stereocenters. The lowest BCUT2D eigenvalue weighted by Crippen LogP contribution is -2.12. The van der Waals surface area contributed by atoms with Crippen LogP contribution in [0.1, 0.15) is 33.3 Å². The number of hydrogen-bond acceptors (Lipinski definition) is 4. The number of oxazole rings is 1. The van der Waals surface area contributed by atoms with Crippen molar-refractivity contribution in [1.82, 2.24) is 9.97 Å². The Bertz CT molecular complexity index is 881. The lowest BCUT2D eigenvalue weighted by atomic mass is 10.1. The monoisotopic (exact) mass is 295 g/mol. The van der Waals surface area contributed by atoms with Crippen LogP contribution in [0.25, 0.3) is 10.9 Å². The van der Waals surface area contributed by atoms with Gasteiger partial charge < -0.3 is 9.73 Å². The van der Waals surface area contributed by atoms with E-state index < -0.39 is 0 Å². The predicted molar refractivity (Wildman–Crippen MR) is 85.1 cm³/mol. The number of nitrogens with zero attached hydrogens (tertiary/aromatic N) is 2. The summed E-state index contributed by atoms with van der Waals surface area (Å²) in [5.74, 6) is 0.422. The van der Waals surface area contributed by atoms with Crippen LogP contribution >= 0.6 is 0 Å². The highest BCUT2D eigenvalue weighted by Crippen LogP contribution is 2.26. The summed E-state index contributed by atoms with van der Waals surface area (Å²) in [6.07, 6.45) is 1.69. The zero-order valence-electron chi connectivity index (χ0n) is 13.0. The van der Waals surface area contributed by atoms with Crippen molar-refractivity contribution in [2.24, 2.45) is 0 Å². The van der Waals surface area contributed by atoms with Gasteiger partial charge in [-0.3, -0.25) is 9.78 Å². The molecular weight excluding hydrogens is 278 g/mol. The van der Waals surface area contributed by atoms with Gasteiger partial charge >= 0.3 is 0 Å². The maximum absolute atomic E-state index is 12.4. The van der Waals surface area contributed by atoms with Crippen LogP contribution in [0.4, 0.5) is 5.69 Å². The fourth-order valence-corrected chi connectivity index (χ4v) is 2.64. The molecular formula is C17H17N3O2. The molecule has 0 aliphatic rings. The number of rotatable bonds is 2. The fourth-order valence-electron chi connectivity index (χ4n) is 2.64. The van der Waals surface area contributed by atoms with Crippen molar-refractivity contribution in [1.29, 1.82) is 0 Å². The number of carbonyl (C=O) groups is 1. The second-order valence-corrected chi connectivity index (χ2v) is 5.44. The number of benzene rings is 1. The van der Waals surface area contributed by atoms with Gasteiger partial charge in [0, 0.05) is 18.5 Å². The molecule has 0 bridgehead atoms.